The summed E-state index contributed by atoms with van der Waals surface area (Å²) < 4.78 is 9.97. The van der Waals surface area contributed by atoms with E-state index in [0.29, 0.717) is 17.2 Å². The van der Waals surface area contributed by atoms with Gasteiger partial charge in [0.2, 0.25) is 0 Å². The molecule has 0 heterocycles. The van der Waals surface area contributed by atoms with E-state index in [1.165, 1.54) is 0 Å². The molecule has 0 spiro atoms. The second-order valence-electron chi connectivity index (χ2n) is 3.15. The number of carbonyl (C=O) groups excluding carboxylic acids is 1. The molecule has 0 N–H and O–H groups in total. The van der Waals surface area contributed by atoms with Gasteiger partial charge in [-0.05, 0) is 19.1 Å². The number of hydrogen-bond donors (Lipinski definition) is 0. The number of rotatable bonds is 4. The van der Waals surface area contributed by atoms with Crippen LogP contribution in [0.25, 0.3) is 0 Å². The van der Waals surface area contributed by atoms with Crippen LogP contribution in [0.1, 0.15) is 17.3 Å². The van der Waals surface area contributed by atoms with Crippen LogP contribution < -0.4 is 0 Å². The minimum Gasteiger partial charge on any atom is -0.457 e. The van der Waals surface area contributed by atoms with E-state index in [2.05, 4.69) is 0 Å². The first-order valence-corrected chi connectivity index (χ1v) is 4.97. The Morgan fingerprint density at radius 3 is 2.73 bits per heavy atom. The molecule has 1 aromatic rings. The smallest absolute Gasteiger partial charge is 0.339 e. The highest BCUT2D eigenvalue weighted by atomic mass is 35.5. The zero-order valence-electron chi connectivity index (χ0n) is 8.70. The van der Waals surface area contributed by atoms with E-state index in [1.807, 2.05) is 0 Å². The maximum Gasteiger partial charge on any atom is 0.339 e. The molecule has 1 atom stereocenters. The van der Waals surface area contributed by atoms with Gasteiger partial charge in [0.1, 0.15) is 6.10 Å². The summed E-state index contributed by atoms with van der Waals surface area (Å²) in [5.41, 5.74) is 0.377. The van der Waals surface area contributed by atoms with Crippen molar-refractivity contribution in [2.24, 2.45) is 0 Å². The van der Waals surface area contributed by atoms with Gasteiger partial charge < -0.3 is 9.47 Å². The van der Waals surface area contributed by atoms with Crippen molar-refractivity contribution in [3.8, 4) is 0 Å². The van der Waals surface area contributed by atoms with E-state index >= 15 is 0 Å². The van der Waals surface area contributed by atoms with E-state index in [0.717, 1.165) is 0 Å². The number of esters is 1. The maximum absolute atomic E-state index is 11.6. The second kappa shape index (κ2) is 5.73. The van der Waals surface area contributed by atoms with Gasteiger partial charge in [-0.1, -0.05) is 23.7 Å². The monoisotopic (exact) mass is 228 g/mol. The fourth-order valence-electron chi connectivity index (χ4n) is 1.14. The molecule has 0 fully saturated rings. The quantitative estimate of drug-likeness (QED) is 0.743. The van der Waals surface area contributed by atoms with E-state index in [4.69, 9.17) is 21.1 Å². The lowest BCUT2D eigenvalue weighted by atomic mass is 10.2. The van der Waals surface area contributed by atoms with Gasteiger partial charge in [0.15, 0.2) is 0 Å². The Morgan fingerprint density at radius 2 is 2.13 bits per heavy atom. The van der Waals surface area contributed by atoms with E-state index < -0.39 is 5.97 Å². The maximum atomic E-state index is 11.6. The molecule has 0 saturated heterocycles. The highest BCUT2D eigenvalue weighted by Gasteiger charge is 2.14. The van der Waals surface area contributed by atoms with Gasteiger partial charge in [-0.2, -0.15) is 0 Å². The molecule has 0 amide bonds. The molecule has 3 nitrogen and oxygen atoms in total. The number of carbonyl (C=O) groups is 1. The average Bonchev–Trinajstić information content (AvgIpc) is 2.18. The average molecular weight is 229 g/mol. The van der Waals surface area contributed by atoms with Gasteiger partial charge in [-0.15, -0.1) is 0 Å². The highest BCUT2D eigenvalue weighted by Crippen LogP contribution is 2.16. The van der Waals surface area contributed by atoms with Crippen molar-refractivity contribution in [3.63, 3.8) is 0 Å². The summed E-state index contributed by atoms with van der Waals surface area (Å²) in [6.45, 7) is 2.13. The number of methoxy groups -OCH3 is 1. The third-order valence-corrected chi connectivity index (χ3v) is 2.13. The topological polar surface area (TPSA) is 35.5 Å². The van der Waals surface area contributed by atoms with Crippen molar-refractivity contribution < 1.29 is 14.3 Å². The second-order valence-corrected chi connectivity index (χ2v) is 3.56. The first-order valence-electron chi connectivity index (χ1n) is 4.59. The molecule has 0 aliphatic rings. The number of hydrogen-bond acceptors (Lipinski definition) is 3. The fourth-order valence-corrected chi connectivity index (χ4v) is 1.35. The standard InChI is InChI=1S/C11H13ClO3/c1-8(7-14-2)15-11(13)9-5-3-4-6-10(9)12/h3-6,8H,7H2,1-2H3. The lowest BCUT2D eigenvalue weighted by Gasteiger charge is -2.12. The van der Waals surface area contributed by atoms with Gasteiger partial charge in [-0.3, -0.25) is 0 Å². The third kappa shape index (κ3) is 3.53. The Hall–Kier alpha value is -1.06. The van der Waals surface area contributed by atoms with Gasteiger partial charge in [0.25, 0.3) is 0 Å². The van der Waals surface area contributed by atoms with Gasteiger partial charge in [-0.25, -0.2) is 4.79 Å². The molecule has 15 heavy (non-hydrogen) atoms. The number of ether oxygens (including phenoxy) is 2. The van der Waals surface area contributed by atoms with Crippen molar-refractivity contribution in [2.45, 2.75) is 13.0 Å². The molecule has 1 rings (SSSR count). The van der Waals surface area contributed by atoms with Crippen LogP contribution in [0.4, 0.5) is 0 Å². The Balaban J connectivity index is 2.65. The van der Waals surface area contributed by atoms with Crippen LogP contribution in [0.15, 0.2) is 24.3 Å². The first kappa shape index (κ1) is 12.0. The molecular weight excluding hydrogens is 216 g/mol. The van der Waals surface area contributed by atoms with Gasteiger partial charge in [0, 0.05) is 7.11 Å². The molecule has 1 aromatic carbocycles. The van der Waals surface area contributed by atoms with Gasteiger partial charge in [0.05, 0.1) is 17.2 Å². The van der Waals surface area contributed by atoms with Crippen molar-refractivity contribution in [1.29, 1.82) is 0 Å². The molecule has 0 aliphatic carbocycles. The highest BCUT2D eigenvalue weighted by molar-refractivity contribution is 6.33. The zero-order valence-corrected chi connectivity index (χ0v) is 9.45. The predicted molar refractivity (Wildman–Crippen MR) is 58.2 cm³/mol. The molecule has 0 radical (unpaired) electrons. The van der Waals surface area contributed by atoms with E-state index in [-0.39, 0.29) is 6.10 Å². The van der Waals surface area contributed by atoms with E-state index in [1.54, 1.807) is 38.3 Å². The normalized spacial score (nSPS) is 12.2. The molecular formula is C11H13ClO3. The summed E-state index contributed by atoms with van der Waals surface area (Å²) in [4.78, 5) is 11.6. The summed E-state index contributed by atoms with van der Waals surface area (Å²) >= 11 is 5.85. The minimum atomic E-state index is -0.426. The van der Waals surface area contributed by atoms with Crippen molar-refractivity contribution in [2.75, 3.05) is 13.7 Å². The van der Waals surface area contributed by atoms with Crippen molar-refractivity contribution >= 4 is 17.6 Å². The summed E-state index contributed by atoms with van der Waals surface area (Å²) in [6.07, 6.45) is -0.279. The molecule has 1 unspecified atom stereocenters. The van der Waals surface area contributed by atoms with Crippen LogP contribution in [0.2, 0.25) is 5.02 Å². The van der Waals surface area contributed by atoms with Crippen LogP contribution in [-0.2, 0) is 9.47 Å². The summed E-state index contributed by atoms with van der Waals surface area (Å²) in [5.74, 6) is -0.426. The number of benzene rings is 1. The Labute approximate surface area is 93.9 Å². The van der Waals surface area contributed by atoms with Crippen LogP contribution in [0, 0.1) is 0 Å². The van der Waals surface area contributed by atoms with Crippen LogP contribution in [0.3, 0.4) is 0 Å². The molecule has 4 heteroatoms. The molecule has 0 aliphatic heterocycles. The Kier molecular flexibility index (Phi) is 4.59. The SMILES string of the molecule is COCC(C)OC(=O)c1ccccc1Cl. The third-order valence-electron chi connectivity index (χ3n) is 1.80. The first-order chi connectivity index (χ1) is 7.15. The Bertz CT molecular complexity index is 338. The minimum absolute atomic E-state index is 0.279. The predicted octanol–water partition coefficient (Wildman–Crippen LogP) is 2.53. The molecule has 0 bridgehead atoms. The van der Waals surface area contributed by atoms with Crippen LogP contribution in [0.5, 0.6) is 0 Å². The van der Waals surface area contributed by atoms with Crippen molar-refractivity contribution in [3.05, 3.63) is 34.9 Å². The molecule has 82 valence electrons. The zero-order chi connectivity index (χ0) is 11.3. The summed E-state index contributed by atoms with van der Waals surface area (Å²) in [7, 11) is 1.56. The van der Waals surface area contributed by atoms with Crippen LogP contribution in [-0.4, -0.2) is 25.8 Å². The summed E-state index contributed by atoms with van der Waals surface area (Å²) in [5, 5.41) is 0.395. The Morgan fingerprint density at radius 1 is 1.47 bits per heavy atom. The van der Waals surface area contributed by atoms with Crippen LogP contribution >= 0.6 is 11.6 Å². The fraction of sp³-hybridized carbons (Fsp3) is 0.364. The number of halogens is 1. The molecule has 0 saturated carbocycles. The largest absolute Gasteiger partial charge is 0.457 e. The molecule has 0 aromatic heterocycles. The van der Waals surface area contributed by atoms with Gasteiger partial charge >= 0.3 is 5.97 Å². The lowest BCUT2D eigenvalue weighted by molar-refractivity contribution is 0.0120. The summed E-state index contributed by atoms with van der Waals surface area (Å²) in [6, 6.07) is 6.78. The van der Waals surface area contributed by atoms with Crippen molar-refractivity contribution in [1.82, 2.24) is 0 Å². The van der Waals surface area contributed by atoms with E-state index in [9.17, 15) is 4.79 Å². The lowest BCUT2D eigenvalue weighted by Crippen LogP contribution is -2.19.